The second-order valence-corrected chi connectivity index (χ2v) is 4.19. The highest BCUT2D eigenvalue weighted by Crippen LogP contribution is 2.26. The highest BCUT2D eigenvalue weighted by molar-refractivity contribution is 4.83. The summed E-state index contributed by atoms with van der Waals surface area (Å²) < 4.78 is 0. The zero-order chi connectivity index (χ0) is 9.68. The second-order valence-electron chi connectivity index (χ2n) is 4.19. The number of rotatable bonds is 7. The third-order valence-electron chi connectivity index (χ3n) is 3.04. The van der Waals surface area contributed by atoms with Gasteiger partial charge in [-0.3, -0.25) is 0 Å². The SMILES string of the molecule is CCN(CCCC(C)NC)C1CC1. The largest absolute Gasteiger partial charge is 0.317 e. The lowest BCUT2D eigenvalue weighted by atomic mass is 10.2. The van der Waals surface area contributed by atoms with Crippen LogP contribution in [0.1, 0.15) is 39.5 Å². The maximum absolute atomic E-state index is 3.28. The van der Waals surface area contributed by atoms with Gasteiger partial charge in [0.2, 0.25) is 0 Å². The molecule has 78 valence electrons. The van der Waals surface area contributed by atoms with Crippen molar-refractivity contribution >= 4 is 0 Å². The van der Waals surface area contributed by atoms with Crippen LogP contribution in [0, 0.1) is 0 Å². The van der Waals surface area contributed by atoms with Crippen molar-refractivity contribution in [1.82, 2.24) is 10.2 Å². The van der Waals surface area contributed by atoms with Crippen LogP contribution in [0.4, 0.5) is 0 Å². The molecule has 0 spiro atoms. The Morgan fingerprint density at radius 1 is 1.46 bits per heavy atom. The zero-order valence-corrected chi connectivity index (χ0v) is 9.34. The Morgan fingerprint density at radius 3 is 2.62 bits per heavy atom. The summed E-state index contributed by atoms with van der Waals surface area (Å²) in [6.07, 6.45) is 5.52. The molecule has 0 saturated heterocycles. The molecule has 0 aromatic carbocycles. The van der Waals surface area contributed by atoms with E-state index in [4.69, 9.17) is 0 Å². The summed E-state index contributed by atoms with van der Waals surface area (Å²) in [5, 5.41) is 3.28. The van der Waals surface area contributed by atoms with Gasteiger partial charge in [-0.25, -0.2) is 0 Å². The van der Waals surface area contributed by atoms with E-state index in [0.29, 0.717) is 6.04 Å². The molecule has 2 nitrogen and oxygen atoms in total. The molecule has 1 aliphatic carbocycles. The lowest BCUT2D eigenvalue weighted by molar-refractivity contribution is 0.267. The van der Waals surface area contributed by atoms with Crippen LogP contribution in [0.3, 0.4) is 0 Å². The molecule has 0 aliphatic heterocycles. The Bertz CT molecular complexity index is 132. The van der Waals surface area contributed by atoms with Gasteiger partial charge in [0.15, 0.2) is 0 Å². The summed E-state index contributed by atoms with van der Waals surface area (Å²) in [7, 11) is 2.04. The Hall–Kier alpha value is -0.0800. The Kier molecular flexibility index (Phi) is 4.74. The Labute approximate surface area is 82.7 Å². The fraction of sp³-hybridized carbons (Fsp3) is 1.00. The van der Waals surface area contributed by atoms with E-state index < -0.39 is 0 Å². The van der Waals surface area contributed by atoms with Crippen molar-refractivity contribution < 1.29 is 0 Å². The predicted molar refractivity (Wildman–Crippen MR) is 58.0 cm³/mol. The average molecular weight is 184 g/mol. The van der Waals surface area contributed by atoms with Crippen LogP contribution in [-0.4, -0.2) is 37.1 Å². The summed E-state index contributed by atoms with van der Waals surface area (Å²) >= 11 is 0. The van der Waals surface area contributed by atoms with Crippen molar-refractivity contribution in [3.8, 4) is 0 Å². The molecule has 0 heterocycles. The maximum Gasteiger partial charge on any atom is 0.00963 e. The highest BCUT2D eigenvalue weighted by atomic mass is 15.2. The number of hydrogen-bond donors (Lipinski definition) is 1. The van der Waals surface area contributed by atoms with Gasteiger partial charge in [-0.2, -0.15) is 0 Å². The first kappa shape index (κ1) is 11.0. The first-order valence-electron chi connectivity index (χ1n) is 5.69. The molecule has 2 heteroatoms. The van der Waals surface area contributed by atoms with Crippen LogP contribution in [0.25, 0.3) is 0 Å². The monoisotopic (exact) mass is 184 g/mol. The molecule has 0 aromatic heterocycles. The van der Waals surface area contributed by atoms with Gasteiger partial charge < -0.3 is 10.2 Å². The van der Waals surface area contributed by atoms with E-state index in [1.807, 2.05) is 7.05 Å². The van der Waals surface area contributed by atoms with E-state index in [0.717, 1.165) is 6.04 Å². The van der Waals surface area contributed by atoms with Crippen molar-refractivity contribution in [3.63, 3.8) is 0 Å². The Balaban J connectivity index is 2.02. The van der Waals surface area contributed by atoms with Crippen molar-refractivity contribution in [2.45, 2.75) is 51.6 Å². The first-order valence-corrected chi connectivity index (χ1v) is 5.69. The lowest BCUT2D eigenvalue weighted by Gasteiger charge is -2.20. The van der Waals surface area contributed by atoms with E-state index in [1.165, 1.54) is 38.8 Å². The highest BCUT2D eigenvalue weighted by Gasteiger charge is 2.26. The molecule has 0 bridgehead atoms. The molecule has 1 saturated carbocycles. The molecule has 13 heavy (non-hydrogen) atoms. The minimum Gasteiger partial charge on any atom is -0.317 e. The second kappa shape index (κ2) is 5.61. The van der Waals surface area contributed by atoms with Crippen LogP contribution in [0.5, 0.6) is 0 Å². The first-order chi connectivity index (χ1) is 6.27. The molecule has 0 aromatic rings. The maximum atomic E-state index is 3.28. The van der Waals surface area contributed by atoms with Crippen molar-refractivity contribution in [1.29, 1.82) is 0 Å². The summed E-state index contributed by atoms with van der Waals surface area (Å²) in [6.45, 7) is 7.07. The van der Waals surface area contributed by atoms with Crippen LogP contribution < -0.4 is 5.32 Å². The summed E-state index contributed by atoms with van der Waals surface area (Å²) in [5.74, 6) is 0. The topological polar surface area (TPSA) is 15.3 Å². The molecular formula is C11H24N2. The van der Waals surface area contributed by atoms with Gasteiger partial charge >= 0.3 is 0 Å². The molecule has 1 N–H and O–H groups in total. The molecule has 1 aliphatic rings. The van der Waals surface area contributed by atoms with Crippen LogP contribution in [-0.2, 0) is 0 Å². The number of nitrogens with one attached hydrogen (secondary N) is 1. The van der Waals surface area contributed by atoms with Crippen LogP contribution >= 0.6 is 0 Å². The smallest absolute Gasteiger partial charge is 0.00963 e. The standard InChI is InChI=1S/C11H24N2/c1-4-13(11-7-8-11)9-5-6-10(2)12-3/h10-12H,4-9H2,1-3H3. The van der Waals surface area contributed by atoms with Gasteiger partial charge in [-0.05, 0) is 52.7 Å². The minimum atomic E-state index is 0.679. The predicted octanol–water partition coefficient (Wildman–Crippen LogP) is 1.86. The summed E-state index contributed by atoms with van der Waals surface area (Å²) in [5.41, 5.74) is 0. The molecule has 0 amide bonds. The van der Waals surface area contributed by atoms with Gasteiger partial charge in [0.1, 0.15) is 0 Å². The van der Waals surface area contributed by atoms with E-state index in [1.54, 1.807) is 0 Å². The zero-order valence-electron chi connectivity index (χ0n) is 9.34. The van der Waals surface area contributed by atoms with Gasteiger partial charge in [-0.15, -0.1) is 0 Å². The fourth-order valence-corrected chi connectivity index (χ4v) is 1.78. The molecular weight excluding hydrogens is 160 g/mol. The van der Waals surface area contributed by atoms with Gasteiger partial charge in [-0.1, -0.05) is 6.92 Å². The Morgan fingerprint density at radius 2 is 2.15 bits per heavy atom. The van der Waals surface area contributed by atoms with Gasteiger partial charge in [0.05, 0.1) is 0 Å². The van der Waals surface area contributed by atoms with Crippen molar-refractivity contribution in [2.24, 2.45) is 0 Å². The quantitative estimate of drug-likeness (QED) is 0.649. The summed E-state index contributed by atoms with van der Waals surface area (Å²) in [4.78, 5) is 2.63. The molecule has 1 fully saturated rings. The average Bonchev–Trinajstić information content (AvgIpc) is 2.95. The van der Waals surface area contributed by atoms with E-state index in [-0.39, 0.29) is 0 Å². The van der Waals surface area contributed by atoms with E-state index in [2.05, 4.69) is 24.1 Å². The van der Waals surface area contributed by atoms with E-state index >= 15 is 0 Å². The van der Waals surface area contributed by atoms with Gasteiger partial charge in [0.25, 0.3) is 0 Å². The minimum absolute atomic E-state index is 0.679. The fourth-order valence-electron chi connectivity index (χ4n) is 1.78. The molecule has 1 atom stereocenters. The third-order valence-corrected chi connectivity index (χ3v) is 3.04. The van der Waals surface area contributed by atoms with E-state index in [9.17, 15) is 0 Å². The molecule has 1 unspecified atom stereocenters. The summed E-state index contributed by atoms with van der Waals surface area (Å²) in [6, 6.07) is 1.62. The van der Waals surface area contributed by atoms with Crippen LogP contribution in [0.2, 0.25) is 0 Å². The third kappa shape index (κ3) is 4.10. The number of hydrogen-bond acceptors (Lipinski definition) is 2. The van der Waals surface area contributed by atoms with Gasteiger partial charge in [0, 0.05) is 12.1 Å². The van der Waals surface area contributed by atoms with Crippen molar-refractivity contribution in [3.05, 3.63) is 0 Å². The normalized spacial score (nSPS) is 19.4. The molecule has 0 radical (unpaired) electrons. The van der Waals surface area contributed by atoms with Crippen LogP contribution in [0.15, 0.2) is 0 Å². The van der Waals surface area contributed by atoms with Crippen molar-refractivity contribution in [2.75, 3.05) is 20.1 Å². The number of nitrogens with zero attached hydrogens (tertiary/aromatic N) is 1. The lowest BCUT2D eigenvalue weighted by Crippen LogP contribution is -2.28. The molecule has 1 rings (SSSR count).